The fraction of sp³-hybridized carbons (Fsp3) is 0.320. The number of piperazine rings is 1. The maximum Gasteiger partial charge on any atom is 0.253 e. The third-order valence-corrected chi connectivity index (χ3v) is 6.20. The number of amides is 1. The molecule has 8 nitrogen and oxygen atoms in total. The highest BCUT2D eigenvalue weighted by molar-refractivity contribution is 6.33. The number of likely N-dealkylation sites (N-methyl/N-ethyl adjacent to an activating group) is 1. The number of carbonyl (C=O) groups is 1. The van der Waals surface area contributed by atoms with Crippen molar-refractivity contribution >= 4 is 53.1 Å². The number of hydrogen-bond donors (Lipinski definition) is 3. The summed E-state index contributed by atoms with van der Waals surface area (Å²) in [5.41, 5.74) is 3.30. The number of anilines is 4. The zero-order valence-electron chi connectivity index (χ0n) is 19.9. The first-order chi connectivity index (χ1) is 16.5. The normalized spacial score (nSPS) is 14.1. The summed E-state index contributed by atoms with van der Waals surface area (Å²) in [6, 6.07) is 15.5. The molecule has 0 saturated carbocycles. The van der Waals surface area contributed by atoms with Crippen molar-refractivity contribution in [2.24, 2.45) is 0 Å². The van der Waals surface area contributed by atoms with Crippen LogP contribution in [0.4, 0.5) is 23.1 Å². The van der Waals surface area contributed by atoms with Crippen LogP contribution in [0.5, 0.6) is 0 Å². The van der Waals surface area contributed by atoms with Crippen molar-refractivity contribution in [1.29, 1.82) is 0 Å². The number of para-hydroxylation sites is 1. The molecule has 4 rings (SSSR count). The first-order valence-electron chi connectivity index (χ1n) is 11.4. The van der Waals surface area contributed by atoms with Crippen molar-refractivity contribution in [3.8, 4) is 0 Å². The molecule has 1 saturated heterocycles. The van der Waals surface area contributed by atoms with Crippen LogP contribution < -0.4 is 16.0 Å². The van der Waals surface area contributed by atoms with Crippen molar-refractivity contribution < 1.29 is 4.79 Å². The molecule has 0 aliphatic carbocycles. The summed E-state index contributed by atoms with van der Waals surface area (Å²) in [6.07, 6.45) is 2.56. The maximum atomic E-state index is 12.2. The molecule has 0 bridgehead atoms. The summed E-state index contributed by atoms with van der Waals surface area (Å²) < 4.78 is 0. The average Bonchev–Trinajstić information content (AvgIpc) is 2.86. The molecule has 3 N–H and O–H groups in total. The topological polar surface area (TPSA) is 85.4 Å². The lowest BCUT2D eigenvalue weighted by Gasteiger charge is -2.32. The smallest absolute Gasteiger partial charge is 0.253 e. The standard InChI is InChI=1S/C25H30ClN7O.ClH/c1-27-24(34)20-5-3-4-6-22(20)30-23-21(26)17-28-25(31-23)29-19-9-7-18(8-10-19)11-12-33-15-13-32(2)14-16-33;/h3-10,17H,11-16H2,1-2H3,(H,27,34)(H2,28,29,30,31);1H. The third-order valence-electron chi connectivity index (χ3n) is 5.92. The minimum Gasteiger partial charge on any atom is -0.355 e. The van der Waals surface area contributed by atoms with Crippen LogP contribution in [0.25, 0.3) is 0 Å². The lowest BCUT2D eigenvalue weighted by atomic mass is 10.1. The molecule has 10 heteroatoms. The van der Waals surface area contributed by atoms with E-state index in [0.717, 1.165) is 44.8 Å². The van der Waals surface area contributed by atoms with Crippen molar-refractivity contribution in [2.45, 2.75) is 6.42 Å². The SMILES string of the molecule is CNC(=O)c1ccccc1Nc1nc(Nc2ccc(CCN3CCN(C)CC3)cc2)ncc1Cl.Cl. The van der Waals surface area contributed by atoms with Crippen LogP contribution >= 0.6 is 24.0 Å². The number of hydrogen-bond acceptors (Lipinski definition) is 7. The van der Waals surface area contributed by atoms with Gasteiger partial charge in [-0.25, -0.2) is 4.98 Å². The molecule has 35 heavy (non-hydrogen) atoms. The van der Waals surface area contributed by atoms with Gasteiger partial charge in [0.05, 0.1) is 17.4 Å². The van der Waals surface area contributed by atoms with E-state index in [2.05, 4.69) is 54.9 Å². The molecule has 3 aromatic rings. The van der Waals surface area contributed by atoms with Gasteiger partial charge in [-0.1, -0.05) is 35.9 Å². The molecular formula is C25H31Cl2N7O. The van der Waals surface area contributed by atoms with E-state index in [1.807, 2.05) is 18.2 Å². The predicted octanol–water partition coefficient (Wildman–Crippen LogP) is 4.19. The van der Waals surface area contributed by atoms with Crippen LogP contribution in [0.1, 0.15) is 15.9 Å². The van der Waals surface area contributed by atoms with Crippen LogP contribution in [-0.2, 0) is 6.42 Å². The van der Waals surface area contributed by atoms with Gasteiger partial charge in [0, 0.05) is 45.5 Å². The molecule has 2 aromatic carbocycles. The summed E-state index contributed by atoms with van der Waals surface area (Å²) in [7, 11) is 3.77. The van der Waals surface area contributed by atoms with Gasteiger partial charge < -0.3 is 25.8 Å². The second-order valence-electron chi connectivity index (χ2n) is 8.36. The van der Waals surface area contributed by atoms with E-state index in [1.165, 1.54) is 11.8 Å². The van der Waals surface area contributed by atoms with Crippen LogP contribution in [0.3, 0.4) is 0 Å². The molecular weight excluding hydrogens is 485 g/mol. The van der Waals surface area contributed by atoms with Gasteiger partial charge in [-0.15, -0.1) is 12.4 Å². The van der Waals surface area contributed by atoms with Crippen LogP contribution in [0.2, 0.25) is 5.02 Å². The van der Waals surface area contributed by atoms with Crippen molar-refractivity contribution in [2.75, 3.05) is 57.5 Å². The maximum absolute atomic E-state index is 12.2. The van der Waals surface area contributed by atoms with Gasteiger partial charge in [0.15, 0.2) is 5.82 Å². The lowest BCUT2D eigenvalue weighted by molar-refractivity contribution is 0.0964. The monoisotopic (exact) mass is 515 g/mol. The number of benzene rings is 2. The summed E-state index contributed by atoms with van der Waals surface area (Å²) in [4.78, 5) is 25.9. The zero-order valence-corrected chi connectivity index (χ0v) is 21.5. The number of aromatic nitrogens is 2. The molecule has 0 radical (unpaired) electrons. The van der Waals surface area contributed by atoms with E-state index in [4.69, 9.17) is 11.6 Å². The van der Waals surface area contributed by atoms with E-state index >= 15 is 0 Å². The van der Waals surface area contributed by atoms with Gasteiger partial charge >= 0.3 is 0 Å². The van der Waals surface area contributed by atoms with Crippen molar-refractivity contribution in [1.82, 2.24) is 25.1 Å². The molecule has 2 heterocycles. The van der Waals surface area contributed by atoms with E-state index < -0.39 is 0 Å². The van der Waals surface area contributed by atoms with Gasteiger partial charge in [0.1, 0.15) is 5.02 Å². The van der Waals surface area contributed by atoms with Crippen molar-refractivity contribution in [3.05, 3.63) is 70.9 Å². The number of halogens is 2. The molecule has 1 aliphatic heterocycles. The fourth-order valence-corrected chi connectivity index (χ4v) is 3.95. The summed E-state index contributed by atoms with van der Waals surface area (Å²) >= 11 is 6.32. The van der Waals surface area contributed by atoms with Crippen molar-refractivity contribution in [3.63, 3.8) is 0 Å². The van der Waals surface area contributed by atoms with Crippen LogP contribution in [-0.4, -0.2) is 72.5 Å². The fourth-order valence-electron chi connectivity index (χ4n) is 3.81. The Kier molecular flexibility index (Phi) is 9.68. The van der Waals surface area contributed by atoms with Gasteiger partial charge in [0.25, 0.3) is 5.91 Å². The van der Waals surface area contributed by atoms with Gasteiger partial charge in [-0.3, -0.25) is 4.79 Å². The third kappa shape index (κ3) is 7.29. The minimum atomic E-state index is -0.195. The highest BCUT2D eigenvalue weighted by Gasteiger charge is 2.14. The van der Waals surface area contributed by atoms with E-state index in [0.29, 0.717) is 28.0 Å². The predicted molar refractivity (Wildman–Crippen MR) is 145 cm³/mol. The Morgan fingerprint density at radius 2 is 1.74 bits per heavy atom. The Bertz CT molecular complexity index is 1120. The molecule has 1 aliphatic rings. The van der Waals surface area contributed by atoms with Gasteiger partial charge in [-0.2, -0.15) is 4.98 Å². The quantitative estimate of drug-likeness (QED) is 0.414. The first-order valence-corrected chi connectivity index (χ1v) is 11.8. The average molecular weight is 516 g/mol. The van der Waals surface area contributed by atoms with E-state index in [-0.39, 0.29) is 18.3 Å². The zero-order chi connectivity index (χ0) is 23.9. The Hall–Kier alpha value is -2.91. The summed E-state index contributed by atoms with van der Waals surface area (Å²) in [5, 5.41) is 9.37. The Morgan fingerprint density at radius 1 is 1.03 bits per heavy atom. The summed E-state index contributed by atoms with van der Waals surface area (Å²) in [5.74, 6) is 0.633. The first kappa shape index (κ1) is 26.7. The largest absolute Gasteiger partial charge is 0.355 e. The molecule has 186 valence electrons. The molecule has 1 fully saturated rings. The molecule has 1 aromatic heterocycles. The number of nitrogens with one attached hydrogen (secondary N) is 3. The van der Waals surface area contributed by atoms with E-state index in [9.17, 15) is 4.79 Å². The number of carbonyl (C=O) groups excluding carboxylic acids is 1. The lowest BCUT2D eigenvalue weighted by Crippen LogP contribution is -2.45. The second-order valence-corrected chi connectivity index (χ2v) is 8.76. The Morgan fingerprint density at radius 3 is 2.46 bits per heavy atom. The van der Waals surface area contributed by atoms with E-state index in [1.54, 1.807) is 25.2 Å². The molecule has 0 spiro atoms. The number of nitrogens with zero attached hydrogens (tertiary/aromatic N) is 4. The van der Waals surface area contributed by atoms with Crippen LogP contribution in [0.15, 0.2) is 54.7 Å². The Labute approximate surface area is 217 Å². The molecule has 1 amide bonds. The van der Waals surface area contributed by atoms with Gasteiger partial charge in [-0.05, 0) is 43.3 Å². The molecule has 0 atom stereocenters. The highest BCUT2D eigenvalue weighted by atomic mass is 35.5. The van der Waals surface area contributed by atoms with Gasteiger partial charge in [0.2, 0.25) is 5.95 Å². The number of rotatable bonds is 8. The summed E-state index contributed by atoms with van der Waals surface area (Å²) in [6.45, 7) is 5.62. The van der Waals surface area contributed by atoms with Crippen LogP contribution in [0, 0.1) is 0 Å². The molecule has 0 unspecified atom stereocenters. The highest BCUT2D eigenvalue weighted by Crippen LogP contribution is 2.27. The minimum absolute atomic E-state index is 0. The Balaban J connectivity index is 0.00000342. The second kappa shape index (κ2) is 12.7.